The second-order valence-electron chi connectivity index (χ2n) is 20.9. The molecule has 0 aliphatic rings. The van der Waals surface area contributed by atoms with Crippen LogP contribution in [0.1, 0.15) is 0 Å². The third-order valence-corrected chi connectivity index (χ3v) is 16.8. The molecule has 0 nitrogen and oxygen atoms in total. The first-order chi connectivity index (χ1) is 38.7. The van der Waals surface area contributed by atoms with Gasteiger partial charge in [0, 0.05) is 0 Å². The Balaban J connectivity index is 1.09. The molecule has 0 saturated carbocycles. The normalized spacial score (nSPS) is 11.8. The Bertz CT molecular complexity index is 4980. The van der Waals surface area contributed by atoms with E-state index in [1.807, 2.05) is 0 Å². The van der Waals surface area contributed by atoms with Crippen molar-refractivity contribution in [2.75, 3.05) is 0 Å². The van der Waals surface area contributed by atoms with Crippen molar-refractivity contribution in [3.63, 3.8) is 0 Å². The van der Waals surface area contributed by atoms with Crippen LogP contribution in [0, 0.1) is 0 Å². The fourth-order valence-electron chi connectivity index (χ4n) is 13.4. The zero-order valence-corrected chi connectivity index (χ0v) is 42.7. The molecule has 0 spiro atoms. The lowest BCUT2D eigenvalue weighted by molar-refractivity contribution is 1.60. The van der Waals surface area contributed by atoms with Crippen molar-refractivity contribution in [2.24, 2.45) is 0 Å². The average Bonchev–Trinajstić information content (AvgIpc) is 3.62. The molecule has 0 heteroatoms. The summed E-state index contributed by atoms with van der Waals surface area (Å²) >= 11 is 0. The van der Waals surface area contributed by atoms with Gasteiger partial charge in [-0.3, -0.25) is 0 Å². The first kappa shape index (κ1) is 44.2. The number of hydrogen-bond acceptors (Lipinski definition) is 0. The van der Waals surface area contributed by atoms with E-state index in [2.05, 4.69) is 291 Å². The van der Waals surface area contributed by atoms with E-state index in [9.17, 15) is 0 Å². The van der Waals surface area contributed by atoms with E-state index in [1.165, 1.54) is 164 Å². The van der Waals surface area contributed by atoms with Crippen molar-refractivity contribution in [3.05, 3.63) is 291 Å². The zero-order valence-electron chi connectivity index (χ0n) is 42.7. The minimum atomic E-state index is 1.20. The number of fused-ring (bicyclic) bond motifs is 8. The molecular formula is C78H48. The van der Waals surface area contributed by atoms with Crippen LogP contribution in [0.25, 0.3) is 164 Å². The van der Waals surface area contributed by atoms with Crippen molar-refractivity contribution < 1.29 is 0 Å². The molecule has 0 aliphatic heterocycles. The Kier molecular flexibility index (Phi) is 10.0. The SMILES string of the molecule is c1ccc(-c2cccc(-c3c4cc5c6cc(-c7ccccc7-c7ccccc7)ccc6c6cccc(c4c(-c4cccc(-c7ccccc7)c4)c4c7cccc8c(-c9ccccc9-c9ccccc9)ccc(c34)c87)c65)c2)cc1. The third-order valence-electron chi connectivity index (χ3n) is 16.8. The van der Waals surface area contributed by atoms with Gasteiger partial charge < -0.3 is 0 Å². The number of hydrogen-bond donors (Lipinski definition) is 0. The maximum atomic E-state index is 2.58. The van der Waals surface area contributed by atoms with E-state index >= 15 is 0 Å². The molecule has 78 heavy (non-hydrogen) atoms. The Morgan fingerprint density at radius 2 is 0.538 bits per heavy atom. The molecule has 0 unspecified atom stereocenters. The number of benzene rings is 14. The van der Waals surface area contributed by atoms with Gasteiger partial charge in [-0.2, -0.15) is 0 Å². The van der Waals surface area contributed by atoms with E-state index in [1.54, 1.807) is 0 Å². The van der Waals surface area contributed by atoms with Gasteiger partial charge in [0.25, 0.3) is 0 Å². The van der Waals surface area contributed by atoms with Gasteiger partial charge >= 0.3 is 0 Å². The largest absolute Gasteiger partial charge is 0.0622 e. The van der Waals surface area contributed by atoms with Crippen LogP contribution in [0.15, 0.2) is 291 Å². The molecule has 16 aromatic carbocycles. The van der Waals surface area contributed by atoms with Crippen molar-refractivity contribution >= 4 is 75.4 Å². The maximum absolute atomic E-state index is 2.58. The van der Waals surface area contributed by atoms with Crippen molar-refractivity contribution in [2.45, 2.75) is 0 Å². The topological polar surface area (TPSA) is 0 Å². The standard InChI is InChI=1S/C78H48/c1-5-21-49(22-6-1)53-29-17-31-56(45-53)72-71-48-70-69-47-55(60-35-14-13-33-58(60)51-25-9-3-10-26-51)41-42-63(69)65-38-19-39-66(75(65)70)76(71)73(57-32-18-30-54(46-57)50-23-7-2-8-24-50)78-67-40-20-37-64-62(43-44-68(74(64)67)77(72)78)61-36-16-15-34-59(61)52-27-11-4-12-28-52/h1-48H. The molecule has 16 aromatic rings. The zero-order chi connectivity index (χ0) is 51.3. The van der Waals surface area contributed by atoms with Gasteiger partial charge in [-0.05, 0) is 189 Å². The predicted molar refractivity (Wildman–Crippen MR) is 335 cm³/mol. The molecule has 0 heterocycles. The van der Waals surface area contributed by atoms with Gasteiger partial charge in [0.15, 0.2) is 0 Å². The van der Waals surface area contributed by atoms with Crippen LogP contribution in [-0.2, 0) is 0 Å². The molecule has 0 fully saturated rings. The van der Waals surface area contributed by atoms with Crippen molar-refractivity contribution in [1.29, 1.82) is 0 Å². The van der Waals surface area contributed by atoms with E-state index in [-0.39, 0.29) is 0 Å². The quantitative estimate of drug-likeness (QED) is 0.133. The summed E-state index contributed by atoms with van der Waals surface area (Å²) in [7, 11) is 0. The van der Waals surface area contributed by atoms with Gasteiger partial charge in [0.2, 0.25) is 0 Å². The monoisotopic (exact) mass is 984 g/mol. The summed E-state index contributed by atoms with van der Waals surface area (Å²) in [4.78, 5) is 0. The first-order valence-electron chi connectivity index (χ1n) is 27.2. The lowest BCUT2D eigenvalue weighted by Gasteiger charge is -2.20. The molecule has 0 saturated heterocycles. The fourth-order valence-corrected chi connectivity index (χ4v) is 13.4. The summed E-state index contributed by atoms with van der Waals surface area (Å²) in [5.74, 6) is 0. The molecule has 0 atom stereocenters. The first-order valence-corrected chi connectivity index (χ1v) is 27.2. The lowest BCUT2D eigenvalue weighted by atomic mass is 9.83. The summed E-state index contributed by atoms with van der Waals surface area (Å²) in [5, 5.41) is 17.9. The molecule has 0 bridgehead atoms. The fraction of sp³-hybridized carbons (Fsp3) is 0. The summed E-state index contributed by atoms with van der Waals surface area (Å²) in [6.45, 7) is 0. The summed E-state index contributed by atoms with van der Waals surface area (Å²) in [6, 6.07) is 109. The molecule has 0 amide bonds. The van der Waals surface area contributed by atoms with Crippen molar-refractivity contribution in [3.8, 4) is 89.0 Å². The minimum absolute atomic E-state index is 1.20. The Morgan fingerprint density at radius 3 is 1.15 bits per heavy atom. The summed E-state index contributed by atoms with van der Waals surface area (Å²) < 4.78 is 0. The van der Waals surface area contributed by atoms with Gasteiger partial charge in [-0.15, -0.1) is 0 Å². The highest BCUT2D eigenvalue weighted by atomic mass is 14.3. The predicted octanol–water partition coefficient (Wildman–Crippen LogP) is 22.0. The highest BCUT2D eigenvalue weighted by Crippen LogP contribution is 2.56. The smallest absolute Gasteiger partial charge is 0.000719 e. The molecule has 360 valence electrons. The molecule has 16 rings (SSSR count). The average molecular weight is 985 g/mol. The van der Waals surface area contributed by atoms with Crippen LogP contribution in [0.3, 0.4) is 0 Å². The highest BCUT2D eigenvalue weighted by molar-refractivity contribution is 6.45. The van der Waals surface area contributed by atoms with E-state index < -0.39 is 0 Å². The number of rotatable bonds is 8. The minimum Gasteiger partial charge on any atom is -0.0622 e. The second kappa shape index (κ2) is 17.7. The molecule has 0 aromatic heterocycles. The van der Waals surface area contributed by atoms with Crippen LogP contribution in [0.5, 0.6) is 0 Å². The van der Waals surface area contributed by atoms with Gasteiger partial charge in [0.1, 0.15) is 0 Å². The Morgan fingerprint density at radius 1 is 0.128 bits per heavy atom. The van der Waals surface area contributed by atoms with Gasteiger partial charge in [0.05, 0.1) is 0 Å². The Labute approximate surface area is 453 Å². The van der Waals surface area contributed by atoms with Crippen molar-refractivity contribution in [1.82, 2.24) is 0 Å². The summed E-state index contributed by atoms with van der Waals surface area (Å²) in [6.07, 6.45) is 0. The van der Waals surface area contributed by atoms with Gasteiger partial charge in [-0.1, -0.05) is 267 Å². The van der Waals surface area contributed by atoms with E-state index in [0.717, 1.165) is 0 Å². The third kappa shape index (κ3) is 6.80. The van der Waals surface area contributed by atoms with Crippen LogP contribution < -0.4 is 0 Å². The molecule has 0 aliphatic carbocycles. The summed E-state index contributed by atoms with van der Waals surface area (Å²) in [5.41, 5.74) is 19.5. The second-order valence-corrected chi connectivity index (χ2v) is 20.9. The maximum Gasteiger partial charge on any atom is -0.000719 e. The van der Waals surface area contributed by atoms with Crippen LogP contribution in [0.4, 0.5) is 0 Å². The molecular weight excluding hydrogens is 937 g/mol. The molecule has 0 radical (unpaired) electrons. The lowest BCUT2D eigenvalue weighted by Crippen LogP contribution is -1.92. The molecule has 0 N–H and O–H groups in total. The van der Waals surface area contributed by atoms with Crippen LogP contribution in [-0.4, -0.2) is 0 Å². The Hall–Kier alpha value is -10.1. The van der Waals surface area contributed by atoms with E-state index in [4.69, 9.17) is 0 Å². The van der Waals surface area contributed by atoms with E-state index in [0.29, 0.717) is 0 Å². The van der Waals surface area contributed by atoms with Gasteiger partial charge in [-0.25, -0.2) is 0 Å². The highest BCUT2D eigenvalue weighted by Gasteiger charge is 2.28. The van der Waals surface area contributed by atoms with Crippen LogP contribution in [0.2, 0.25) is 0 Å². The van der Waals surface area contributed by atoms with Crippen LogP contribution >= 0.6 is 0 Å².